The van der Waals surface area contributed by atoms with Gasteiger partial charge in [0.15, 0.2) is 0 Å². The van der Waals surface area contributed by atoms with E-state index in [9.17, 15) is 4.79 Å². The fourth-order valence-corrected chi connectivity index (χ4v) is 3.84. The van der Waals surface area contributed by atoms with Gasteiger partial charge in [0.1, 0.15) is 5.69 Å². The van der Waals surface area contributed by atoms with Gasteiger partial charge in [0.05, 0.1) is 23.3 Å². The highest BCUT2D eigenvalue weighted by Crippen LogP contribution is 2.37. The van der Waals surface area contributed by atoms with Crippen molar-refractivity contribution in [2.24, 2.45) is 0 Å². The van der Waals surface area contributed by atoms with Gasteiger partial charge in [-0.05, 0) is 37.8 Å². The number of rotatable bonds is 2. The van der Waals surface area contributed by atoms with Gasteiger partial charge in [0.2, 0.25) is 0 Å². The number of aromatic nitrogens is 2. The molecule has 2 unspecified atom stereocenters. The Bertz CT molecular complexity index is 704. The van der Waals surface area contributed by atoms with E-state index in [1.807, 2.05) is 29.2 Å². The van der Waals surface area contributed by atoms with Crippen LogP contribution in [0, 0.1) is 0 Å². The Morgan fingerprint density at radius 3 is 2.55 bits per heavy atom. The zero-order chi connectivity index (χ0) is 15.1. The van der Waals surface area contributed by atoms with Crippen LogP contribution in [0.3, 0.4) is 0 Å². The molecule has 0 radical (unpaired) electrons. The van der Waals surface area contributed by atoms with E-state index in [1.54, 1.807) is 13.3 Å². The highest BCUT2D eigenvalue weighted by atomic mass is 16.5. The van der Waals surface area contributed by atoms with E-state index >= 15 is 0 Å². The maximum absolute atomic E-state index is 12.9. The first-order chi connectivity index (χ1) is 10.8. The number of piperidine rings is 1. The molecule has 5 heteroatoms. The van der Waals surface area contributed by atoms with Crippen LogP contribution >= 0.6 is 0 Å². The molecule has 2 saturated heterocycles. The molecule has 2 aromatic rings. The second kappa shape index (κ2) is 5.32. The van der Waals surface area contributed by atoms with Crippen molar-refractivity contribution in [3.63, 3.8) is 0 Å². The Morgan fingerprint density at radius 1 is 1.18 bits per heavy atom. The van der Waals surface area contributed by atoms with Gasteiger partial charge >= 0.3 is 0 Å². The zero-order valence-electron chi connectivity index (χ0n) is 12.6. The number of ether oxygens (including phenoxy) is 1. The van der Waals surface area contributed by atoms with Gasteiger partial charge in [-0.3, -0.25) is 9.78 Å². The van der Waals surface area contributed by atoms with Crippen LogP contribution in [0.15, 0.2) is 30.5 Å². The molecule has 2 aliphatic rings. The van der Waals surface area contributed by atoms with Crippen LogP contribution in [0.4, 0.5) is 0 Å². The molecule has 3 heterocycles. The molecule has 114 valence electrons. The molecule has 1 aromatic heterocycles. The summed E-state index contributed by atoms with van der Waals surface area (Å²) in [5, 5.41) is 0. The van der Waals surface area contributed by atoms with Gasteiger partial charge in [0, 0.05) is 19.2 Å². The lowest BCUT2D eigenvalue weighted by molar-refractivity contribution is 0.00794. The summed E-state index contributed by atoms with van der Waals surface area (Å²) in [7, 11) is 1.76. The second-order valence-electron chi connectivity index (χ2n) is 6.17. The molecule has 22 heavy (non-hydrogen) atoms. The van der Waals surface area contributed by atoms with Crippen LogP contribution in [-0.2, 0) is 4.74 Å². The Morgan fingerprint density at radius 2 is 1.86 bits per heavy atom. The molecule has 1 amide bonds. The smallest absolute Gasteiger partial charge is 0.274 e. The monoisotopic (exact) mass is 297 g/mol. The van der Waals surface area contributed by atoms with E-state index in [0.29, 0.717) is 5.69 Å². The minimum Gasteiger partial charge on any atom is -0.381 e. The molecule has 2 bridgehead atoms. The molecular formula is C17H19N3O2. The number of benzene rings is 1. The standard InChI is InChI=1S/C17H19N3O2/c1-22-13-8-11-6-7-12(9-13)20(11)17(21)16-10-18-14-4-2-3-5-15(14)19-16/h2-5,10-13H,6-9H2,1H3. The largest absolute Gasteiger partial charge is 0.381 e. The van der Waals surface area contributed by atoms with Gasteiger partial charge in [-0.25, -0.2) is 4.98 Å². The average molecular weight is 297 g/mol. The number of hydrogen-bond donors (Lipinski definition) is 0. The summed E-state index contributed by atoms with van der Waals surface area (Å²) in [4.78, 5) is 23.8. The van der Waals surface area contributed by atoms with E-state index in [4.69, 9.17) is 4.74 Å². The lowest BCUT2D eigenvalue weighted by Crippen LogP contribution is -2.48. The summed E-state index contributed by atoms with van der Waals surface area (Å²) in [5.74, 6) is 0.0142. The topological polar surface area (TPSA) is 55.3 Å². The number of methoxy groups -OCH3 is 1. The van der Waals surface area contributed by atoms with Gasteiger partial charge in [-0.2, -0.15) is 0 Å². The molecule has 0 spiro atoms. The normalized spacial score (nSPS) is 27.3. The highest BCUT2D eigenvalue weighted by molar-refractivity contribution is 5.94. The van der Waals surface area contributed by atoms with Crippen LogP contribution in [0.5, 0.6) is 0 Å². The number of para-hydroxylation sites is 2. The maximum Gasteiger partial charge on any atom is 0.274 e. The van der Waals surface area contributed by atoms with Crippen LogP contribution in [0.2, 0.25) is 0 Å². The molecule has 4 rings (SSSR count). The minimum absolute atomic E-state index is 0.0142. The third-order valence-electron chi connectivity index (χ3n) is 4.93. The molecule has 2 fully saturated rings. The van der Waals surface area contributed by atoms with E-state index in [-0.39, 0.29) is 24.1 Å². The molecular weight excluding hydrogens is 278 g/mol. The molecule has 0 aliphatic carbocycles. The number of nitrogens with zero attached hydrogens (tertiary/aromatic N) is 3. The van der Waals surface area contributed by atoms with Crippen molar-refractivity contribution < 1.29 is 9.53 Å². The Balaban J connectivity index is 1.63. The van der Waals surface area contributed by atoms with Crippen molar-refractivity contribution in [2.45, 2.75) is 43.9 Å². The first-order valence-electron chi connectivity index (χ1n) is 7.83. The quantitative estimate of drug-likeness (QED) is 0.854. The predicted octanol–water partition coefficient (Wildman–Crippen LogP) is 2.41. The van der Waals surface area contributed by atoms with E-state index in [2.05, 4.69) is 9.97 Å². The Hall–Kier alpha value is -2.01. The third kappa shape index (κ3) is 2.16. The highest BCUT2D eigenvalue weighted by Gasteiger charge is 2.43. The number of amides is 1. The van der Waals surface area contributed by atoms with Crippen molar-refractivity contribution in [3.8, 4) is 0 Å². The van der Waals surface area contributed by atoms with Crippen molar-refractivity contribution >= 4 is 16.9 Å². The fraction of sp³-hybridized carbons (Fsp3) is 0.471. The number of carbonyl (C=O) groups excluding carboxylic acids is 1. The fourth-order valence-electron chi connectivity index (χ4n) is 3.84. The van der Waals surface area contributed by atoms with Crippen molar-refractivity contribution in [2.75, 3.05) is 7.11 Å². The SMILES string of the molecule is COC1CC2CCC(C1)N2C(=O)c1cnc2ccccc2n1. The number of carbonyl (C=O) groups is 1. The lowest BCUT2D eigenvalue weighted by atomic mass is 9.99. The Labute approximate surface area is 129 Å². The molecule has 2 aliphatic heterocycles. The average Bonchev–Trinajstić information content (AvgIpc) is 2.83. The molecule has 2 atom stereocenters. The molecule has 0 N–H and O–H groups in total. The number of fused-ring (bicyclic) bond motifs is 3. The first-order valence-corrected chi connectivity index (χ1v) is 7.83. The summed E-state index contributed by atoms with van der Waals surface area (Å²) < 4.78 is 5.50. The van der Waals surface area contributed by atoms with E-state index in [0.717, 1.165) is 36.7 Å². The minimum atomic E-state index is 0.0142. The van der Waals surface area contributed by atoms with Crippen molar-refractivity contribution in [3.05, 3.63) is 36.2 Å². The maximum atomic E-state index is 12.9. The third-order valence-corrected chi connectivity index (χ3v) is 4.93. The summed E-state index contributed by atoms with van der Waals surface area (Å²) in [6.45, 7) is 0. The summed E-state index contributed by atoms with van der Waals surface area (Å²) in [6.07, 6.45) is 5.88. The van der Waals surface area contributed by atoms with Gasteiger partial charge in [-0.1, -0.05) is 12.1 Å². The van der Waals surface area contributed by atoms with Crippen LogP contribution < -0.4 is 0 Å². The molecule has 5 nitrogen and oxygen atoms in total. The molecule has 1 aromatic carbocycles. The number of hydrogen-bond acceptors (Lipinski definition) is 4. The summed E-state index contributed by atoms with van der Waals surface area (Å²) in [5.41, 5.74) is 2.04. The van der Waals surface area contributed by atoms with E-state index < -0.39 is 0 Å². The lowest BCUT2D eigenvalue weighted by Gasteiger charge is -2.38. The van der Waals surface area contributed by atoms with Crippen LogP contribution in [0.1, 0.15) is 36.2 Å². The van der Waals surface area contributed by atoms with Gasteiger partial charge < -0.3 is 9.64 Å². The molecule has 0 saturated carbocycles. The first kappa shape index (κ1) is 13.6. The van der Waals surface area contributed by atoms with E-state index in [1.165, 1.54) is 0 Å². The summed E-state index contributed by atoms with van der Waals surface area (Å²) in [6, 6.07) is 8.21. The van der Waals surface area contributed by atoms with Gasteiger partial charge in [-0.15, -0.1) is 0 Å². The zero-order valence-corrected chi connectivity index (χ0v) is 12.6. The van der Waals surface area contributed by atoms with Crippen molar-refractivity contribution in [1.82, 2.24) is 14.9 Å². The van der Waals surface area contributed by atoms with Crippen LogP contribution in [-0.4, -0.2) is 46.1 Å². The second-order valence-corrected chi connectivity index (χ2v) is 6.17. The predicted molar refractivity (Wildman–Crippen MR) is 82.5 cm³/mol. The Kier molecular flexibility index (Phi) is 3.30. The summed E-state index contributed by atoms with van der Waals surface area (Å²) >= 11 is 0. The van der Waals surface area contributed by atoms with Crippen LogP contribution in [0.25, 0.3) is 11.0 Å². The van der Waals surface area contributed by atoms with Gasteiger partial charge in [0.25, 0.3) is 5.91 Å². The van der Waals surface area contributed by atoms with Crippen molar-refractivity contribution in [1.29, 1.82) is 0 Å².